The van der Waals surface area contributed by atoms with Gasteiger partial charge in [-0.1, -0.05) is 35.9 Å². The summed E-state index contributed by atoms with van der Waals surface area (Å²) in [6.07, 6.45) is 0. The molecule has 0 radical (unpaired) electrons. The molecule has 0 aliphatic rings. The Morgan fingerprint density at radius 3 is 2.45 bits per heavy atom. The maximum Gasteiger partial charge on any atom is 0.141 e. The molecular weight excluding hydrogens is 278 g/mol. The van der Waals surface area contributed by atoms with Crippen LogP contribution in [0.5, 0.6) is 5.75 Å². The van der Waals surface area contributed by atoms with E-state index < -0.39 is 12.0 Å². The molecule has 0 unspecified atom stereocenters. The van der Waals surface area contributed by atoms with Gasteiger partial charge in [-0.25, -0.2) is 0 Å². The minimum Gasteiger partial charge on any atom is -0.548 e. The van der Waals surface area contributed by atoms with Crippen molar-refractivity contribution in [1.82, 2.24) is 0 Å². The highest BCUT2D eigenvalue weighted by Crippen LogP contribution is 2.28. The van der Waals surface area contributed by atoms with Gasteiger partial charge in [0.15, 0.2) is 0 Å². The van der Waals surface area contributed by atoms with E-state index in [9.17, 15) is 9.90 Å². The Morgan fingerprint density at radius 1 is 1.20 bits per heavy atom. The van der Waals surface area contributed by atoms with Crippen molar-refractivity contribution in [2.24, 2.45) is 0 Å². The first-order valence-electron chi connectivity index (χ1n) is 5.97. The van der Waals surface area contributed by atoms with Crippen molar-refractivity contribution >= 4 is 23.3 Å². The van der Waals surface area contributed by atoms with Gasteiger partial charge < -0.3 is 20.0 Å². The van der Waals surface area contributed by atoms with Crippen molar-refractivity contribution in [3.05, 3.63) is 59.1 Å². The maximum atomic E-state index is 11.3. The molecule has 0 saturated heterocycles. The van der Waals surface area contributed by atoms with Crippen LogP contribution in [0.1, 0.15) is 11.6 Å². The lowest BCUT2D eigenvalue weighted by Gasteiger charge is -2.22. The van der Waals surface area contributed by atoms with Crippen LogP contribution in [0.4, 0.5) is 5.69 Å². The Morgan fingerprint density at radius 2 is 1.85 bits per heavy atom. The second kappa shape index (κ2) is 6.30. The Labute approximate surface area is 122 Å². The Hall–Kier alpha value is -2.20. The topological polar surface area (TPSA) is 61.4 Å². The molecule has 4 nitrogen and oxygen atoms in total. The molecule has 2 aromatic carbocycles. The molecule has 0 amide bonds. The third-order valence-electron chi connectivity index (χ3n) is 2.85. The average Bonchev–Trinajstić information content (AvgIpc) is 2.46. The van der Waals surface area contributed by atoms with Gasteiger partial charge in [-0.3, -0.25) is 0 Å². The lowest BCUT2D eigenvalue weighted by molar-refractivity contribution is -0.307. The molecule has 0 heterocycles. The van der Waals surface area contributed by atoms with Crippen LogP contribution in [0.25, 0.3) is 0 Å². The van der Waals surface area contributed by atoms with E-state index in [0.717, 1.165) is 0 Å². The molecular formula is C15H13ClNO3-. The number of halogens is 1. The number of anilines is 1. The van der Waals surface area contributed by atoms with Gasteiger partial charge in [0.05, 0.1) is 24.8 Å². The monoisotopic (exact) mass is 290 g/mol. The molecule has 0 aliphatic carbocycles. The Balaban J connectivity index is 2.30. The van der Waals surface area contributed by atoms with Gasteiger partial charge >= 0.3 is 0 Å². The minimum atomic E-state index is -1.22. The number of benzene rings is 2. The Bertz CT molecular complexity index is 598. The number of carboxylic acid groups (broad SMARTS) is 1. The van der Waals surface area contributed by atoms with Crippen LogP contribution in [-0.4, -0.2) is 13.1 Å². The van der Waals surface area contributed by atoms with Gasteiger partial charge in [-0.2, -0.15) is 0 Å². The van der Waals surface area contributed by atoms with E-state index in [4.69, 9.17) is 16.3 Å². The number of hydrogen-bond donors (Lipinski definition) is 1. The van der Waals surface area contributed by atoms with Gasteiger partial charge in [0, 0.05) is 5.02 Å². The molecule has 0 saturated carbocycles. The molecule has 2 aromatic rings. The average molecular weight is 291 g/mol. The van der Waals surface area contributed by atoms with Crippen molar-refractivity contribution in [2.45, 2.75) is 6.04 Å². The lowest BCUT2D eigenvalue weighted by atomic mass is 10.1. The molecule has 1 N–H and O–H groups in total. The largest absolute Gasteiger partial charge is 0.548 e. The molecule has 104 valence electrons. The highest BCUT2D eigenvalue weighted by Gasteiger charge is 2.14. The first-order chi connectivity index (χ1) is 9.61. The Kier molecular flexibility index (Phi) is 4.48. The number of rotatable bonds is 5. The second-order valence-electron chi connectivity index (χ2n) is 4.15. The summed E-state index contributed by atoms with van der Waals surface area (Å²) in [7, 11) is 1.52. The van der Waals surface area contributed by atoms with E-state index in [1.807, 2.05) is 0 Å². The molecule has 5 heteroatoms. The predicted octanol–water partition coefficient (Wildman–Crippen LogP) is 2.25. The van der Waals surface area contributed by atoms with Crippen molar-refractivity contribution in [3.63, 3.8) is 0 Å². The summed E-state index contributed by atoms with van der Waals surface area (Å²) in [4.78, 5) is 11.3. The summed E-state index contributed by atoms with van der Waals surface area (Å²) in [6.45, 7) is 0. The fourth-order valence-corrected chi connectivity index (χ4v) is 1.98. The van der Waals surface area contributed by atoms with Crippen molar-refractivity contribution in [2.75, 3.05) is 12.4 Å². The summed E-state index contributed by atoms with van der Waals surface area (Å²) in [6, 6.07) is 12.7. The van der Waals surface area contributed by atoms with Gasteiger partial charge in [-0.15, -0.1) is 0 Å². The number of hydrogen-bond acceptors (Lipinski definition) is 4. The highest BCUT2D eigenvalue weighted by atomic mass is 35.5. The minimum absolute atomic E-state index is 0.545. The predicted molar refractivity (Wildman–Crippen MR) is 75.8 cm³/mol. The van der Waals surface area contributed by atoms with Gasteiger partial charge in [0.25, 0.3) is 0 Å². The van der Waals surface area contributed by atoms with Crippen LogP contribution >= 0.6 is 11.6 Å². The zero-order valence-corrected chi connectivity index (χ0v) is 11.6. The van der Waals surface area contributed by atoms with Crippen LogP contribution < -0.4 is 15.2 Å². The zero-order valence-electron chi connectivity index (χ0n) is 10.8. The van der Waals surface area contributed by atoms with Crippen molar-refractivity contribution in [3.8, 4) is 5.75 Å². The maximum absolute atomic E-state index is 11.3. The fourth-order valence-electron chi connectivity index (χ4n) is 1.85. The number of carbonyl (C=O) groups excluding carboxylic acids is 1. The highest BCUT2D eigenvalue weighted by molar-refractivity contribution is 6.30. The number of carbonyl (C=O) groups is 1. The molecule has 20 heavy (non-hydrogen) atoms. The number of para-hydroxylation sites is 2. The third kappa shape index (κ3) is 3.22. The van der Waals surface area contributed by atoms with Crippen LogP contribution in [0, 0.1) is 0 Å². The molecule has 2 rings (SSSR count). The van der Waals surface area contributed by atoms with Crippen molar-refractivity contribution < 1.29 is 14.6 Å². The first-order valence-corrected chi connectivity index (χ1v) is 6.35. The van der Waals surface area contributed by atoms with Crippen molar-refractivity contribution in [1.29, 1.82) is 0 Å². The molecule has 0 spiro atoms. The molecule has 0 bridgehead atoms. The standard InChI is InChI=1S/C15H14ClNO3/c1-20-13-5-3-2-4-12(13)17-14(15(18)19)10-6-8-11(16)9-7-10/h2-9,14,17H,1H3,(H,18,19)/p-1/t14-/m0/s1. The number of methoxy groups -OCH3 is 1. The normalized spacial score (nSPS) is 11.7. The SMILES string of the molecule is COc1ccccc1N[C@H](C(=O)[O-])c1ccc(Cl)cc1. The number of carboxylic acids is 1. The van der Waals surface area contributed by atoms with Gasteiger partial charge in [0.2, 0.25) is 0 Å². The van der Waals surface area contributed by atoms with Gasteiger partial charge in [0.1, 0.15) is 5.75 Å². The second-order valence-corrected chi connectivity index (χ2v) is 4.58. The smallest absolute Gasteiger partial charge is 0.141 e. The lowest BCUT2D eigenvalue weighted by Crippen LogP contribution is -2.34. The van der Waals surface area contributed by atoms with E-state index in [1.165, 1.54) is 7.11 Å². The molecule has 0 fully saturated rings. The summed E-state index contributed by atoms with van der Waals surface area (Å²) in [5, 5.41) is 14.8. The third-order valence-corrected chi connectivity index (χ3v) is 3.10. The van der Waals surface area contributed by atoms with E-state index >= 15 is 0 Å². The quantitative estimate of drug-likeness (QED) is 0.917. The summed E-state index contributed by atoms with van der Waals surface area (Å²) < 4.78 is 5.18. The summed E-state index contributed by atoms with van der Waals surface area (Å²) >= 11 is 5.80. The van der Waals surface area contributed by atoms with E-state index in [1.54, 1.807) is 48.5 Å². The zero-order chi connectivity index (χ0) is 14.5. The van der Waals surface area contributed by atoms with Crippen LogP contribution in [0.3, 0.4) is 0 Å². The van der Waals surface area contributed by atoms with Gasteiger partial charge in [-0.05, 0) is 29.8 Å². The van der Waals surface area contributed by atoms with E-state index in [0.29, 0.717) is 22.0 Å². The molecule has 0 aromatic heterocycles. The van der Waals surface area contributed by atoms with Crippen LogP contribution in [-0.2, 0) is 4.79 Å². The summed E-state index contributed by atoms with van der Waals surface area (Å²) in [5.74, 6) is -0.661. The number of ether oxygens (including phenoxy) is 1. The van der Waals surface area contributed by atoms with Crippen LogP contribution in [0.15, 0.2) is 48.5 Å². The fraction of sp³-hybridized carbons (Fsp3) is 0.133. The van der Waals surface area contributed by atoms with E-state index in [-0.39, 0.29) is 0 Å². The number of nitrogens with one attached hydrogen (secondary N) is 1. The molecule has 0 aliphatic heterocycles. The number of aliphatic carboxylic acids is 1. The van der Waals surface area contributed by atoms with Crippen LogP contribution in [0.2, 0.25) is 5.02 Å². The first kappa shape index (κ1) is 14.2. The summed E-state index contributed by atoms with van der Waals surface area (Å²) in [5.41, 5.74) is 1.14. The van der Waals surface area contributed by atoms with E-state index in [2.05, 4.69) is 5.32 Å². The molecule has 1 atom stereocenters.